The van der Waals surface area contributed by atoms with Gasteiger partial charge in [-0.3, -0.25) is 4.79 Å². The Balaban J connectivity index is 2.03. The summed E-state index contributed by atoms with van der Waals surface area (Å²) in [7, 11) is 1.79. The standard InChI is InChI=1S/C21H33N3O2S/c1-7-22-20(26)23(6)13-8-14-24-18(25)15(2)27-19(24)16-9-11-17(12-10-16)21(3,4)5/h9-12,15,19H,7-8,13-14H2,1-6H3,(H,22,26)/t15-,19-/m1/s1. The number of carbonyl (C=O) groups excluding carboxylic acids is 2. The first-order valence-corrected chi connectivity index (χ1v) is 10.6. The third-order valence-electron chi connectivity index (χ3n) is 4.88. The molecular weight excluding hydrogens is 358 g/mol. The SMILES string of the molecule is CCNC(=O)N(C)CCCN1C(=O)[C@@H](C)S[C@@H]1c1ccc(C(C)(C)C)cc1. The van der Waals surface area contributed by atoms with Gasteiger partial charge >= 0.3 is 6.03 Å². The zero-order valence-corrected chi connectivity index (χ0v) is 18.2. The number of thioether (sulfide) groups is 1. The number of benzene rings is 1. The normalized spacial score (nSPS) is 20.1. The van der Waals surface area contributed by atoms with Crippen molar-refractivity contribution in [2.45, 2.75) is 57.1 Å². The van der Waals surface area contributed by atoms with E-state index in [2.05, 4.69) is 50.4 Å². The van der Waals surface area contributed by atoms with Crippen molar-refractivity contribution >= 4 is 23.7 Å². The van der Waals surface area contributed by atoms with Crippen molar-refractivity contribution in [1.82, 2.24) is 15.1 Å². The van der Waals surface area contributed by atoms with Gasteiger partial charge in [0.2, 0.25) is 5.91 Å². The average Bonchev–Trinajstić information content (AvgIpc) is 2.89. The summed E-state index contributed by atoms with van der Waals surface area (Å²) in [4.78, 5) is 28.1. The number of hydrogen-bond acceptors (Lipinski definition) is 3. The quantitative estimate of drug-likeness (QED) is 0.797. The highest BCUT2D eigenvalue weighted by molar-refractivity contribution is 8.01. The molecule has 1 N–H and O–H groups in total. The molecule has 0 spiro atoms. The average molecular weight is 392 g/mol. The van der Waals surface area contributed by atoms with Gasteiger partial charge in [-0.1, -0.05) is 45.0 Å². The second-order valence-electron chi connectivity index (χ2n) is 8.14. The lowest BCUT2D eigenvalue weighted by atomic mass is 9.86. The van der Waals surface area contributed by atoms with E-state index in [0.29, 0.717) is 19.6 Å². The Hall–Kier alpha value is -1.69. The van der Waals surface area contributed by atoms with E-state index in [9.17, 15) is 9.59 Å². The second-order valence-corrected chi connectivity index (χ2v) is 9.57. The number of amides is 3. The minimum absolute atomic E-state index is 0.0292. The molecule has 5 nitrogen and oxygen atoms in total. The summed E-state index contributed by atoms with van der Waals surface area (Å²) >= 11 is 1.70. The molecular formula is C21H33N3O2S. The van der Waals surface area contributed by atoms with Crippen LogP contribution < -0.4 is 5.32 Å². The maximum Gasteiger partial charge on any atom is 0.317 e. The molecule has 1 aromatic rings. The van der Waals surface area contributed by atoms with Crippen LogP contribution >= 0.6 is 11.8 Å². The molecule has 1 fully saturated rings. The fraction of sp³-hybridized carbons (Fsp3) is 0.619. The first-order chi connectivity index (χ1) is 12.6. The molecule has 1 saturated heterocycles. The molecule has 0 unspecified atom stereocenters. The van der Waals surface area contributed by atoms with Crippen LogP contribution in [0.4, 0.5) is 4.79 Å². The number of hydrogen-bond donors (Lipinski definition) is 1. The fourth-order valence-corrected chi connectivity index (χ4v) is 4.48. The summed E-state index contributed by atoms with van der Waals surface area (Å²) in [5, 5.41) is 2.82. The highest BCUT2D eigenvalue weighted by Crippen LogP contribution is 2.43. The molecule has 27 heavy (non-hydrogen) atoms. The Bertz CT molecular complexity index is 654. The molecule has 2 atom stereocenters. The summed E-state index contributed by atoms with van der Waals surface area (Å²) in [6, 6.07) is 8.58. The largest absolute Gasteiger partial charge is 0.338 e. The third kappa shape index (κ3) is 5.41. The summed E-state index contributed by atoms with van der Waals surface area (Å²) < 4.78 is 0. The van der Waals surface area contributed by atoms with E-state index in [1.165, 1.54) is 11.1 Å². The Morgan fingerprint density at radius 3 is 2.44 bits per heavy atom. The van der Waals surface area contributed by atoms with Crippen LogP contribution in [0.25, 0.3) is 0 Å². The molecule has 0 radical (unpaired) electrons. The Morgan fingerprint density at radius 2 is 1.89 bits per heavy atom. The van der Waals surface area contributed by atoms with Gasteiger partial charge in [-0.25, -0.2) is 4.79 Å². The second kappa shape index (κ2) is 9.00. The van der Waals surface area contributed by atoms with Gasteiger partial charge in [-0.15, -0.1) is 11.8 Å². The van der Waals surface area contributed by atoms with E-state index >= 15 is 0 Å². The van der Waals surface area contributed by atoms with Crippen LogP contribution in [0.15, 0.2) is 24.3 Å². The maximum atomic E-state index is 12.6. The number of nitrogens with one attached hydrogen (secondary N) is 1. The van der Waals surface area contributed by atoms with E-state index in [1.54, 1.807) is 23.7 Å². The van der Waals surface area contributed by atoms with Gasteiger partial charge in [0.15, 0.2) is 0 Å². The van der Waals surface area contributed by atoms with Crippen molar-refractivity contribution in [2.75, 3.05) is 26.7 Å². The lowest BCUT2D eigenvalue weighted by Gasteiger charge is -2.26. The number of urea groups is 1. The van der Waals surface area contributed by atoms with Crippen LogP contribution in [0.1, 0.15) is 57.5 Å². The highest BCUT2D eigenvalue weighted by Gasteiger charge is 2.38. The van der Waals surface area contributed by atoms with Crippen LogP contribution in [0.2, 0.25) is 0 Å². The molecule has 3 amide bonds. The van der Waals surface area contributed by atoms with Crippen molar-refractivity contribution in [3.63, 3.8) is 0 Å². The van der Waals surface area contributed by atoms with Crippen LogP contribution in [0.3, 0.4) is 0 Å². The smallest absolute Gasteiger partial charge is 0.317 e. The first kappa shape index (κ1) is 21.6. The minimum Gasteiger partial charge on any atom is -0.338 e. The van der Waals surface area contributed by atoms with Crippen molar-refractivity contribution in [1.29, 1.82) is 0 Å². The van der Waals surface area contributed by atoms with Crippen LogP contribution in [0.5, 0.6) is 0 Å². The molecule has 150 valence electrons. The van der Waals surface area contributed by atoms with Gasteiger partial charge in [-0.2, -0.15) is 0 Å². The zero-order chi connectivity index (χ0) is 20.2. The van der Waals surface area contributed by atoms with Crippen molar-refractivity contribution in [3.05, 3.63) is 35.4 Å². The van der Waals surface area contributed by atoms with Crippen molar-refractivity contribution in [2.24, 2.45) is 0 Å². The van der Waals surface area contributed by atoms with Gasteiger partial charge in [0.1, 0.15) is 5.37 Å². The lowest BCUT2D eigenvalue weighted by Crippen LogP contribution is -2.39. The monoisotopic (exact) mass is 391 g/mol. The number of carbonyl (C=O) groups is 2. The topological polar surface area (TPSA) is 52.7 Å². The van der Waals surface area contributed by atoms with Crippen molar-refractivity contribution < 1.29 is 9.59 Å². The van der Waals surface area contributed by atoms with Gasteiger partial charge in [0, 0.05) is 26.7 Å². The molecule has 1 aliphatic heterocycles. The van der Waals surface area contributed by atoms with Crippen molar-refractivity contribution in [3.8, 4) is 0 Å². The van der Waals surface area contributed by atoms with Crippen LogP contribution in [0, 0.1) is 0 Å². The Labute approximate surface area is 167 Å². The van der Waals surface area contributed by atoms with E-state index < -0.39 is 0 Å². The zero-order valence-electron chi connectivity index (χ0n) is 17.4. The molecule has 1 aromatic carbocycles. The van der Waals surface area contributed by atoms with Crippen LogP contribution in [-0.4, -0.2) is 53.7 Å². The van der Waals surface area contributed by atoms with E-state index in [4.69, 9.17) is 0 Å². The molecule has 1 aliphatic rings. The summed E-state index contributed by atoms with van der Waals surface area (Å²) in [6.45, 7) is 12.4. The number of nitrogens with zero attached hydrogens (tertiary/aromatic N) is 2. The fourth-order valence-electron chi connectivity index (χ4n) is 3.17. The third-order valence-corrected chi connectivity index (χ3v) is 6.27. The van der Waals surface area contributed by atoms with Crippen LogP contribution in [-0.2, 0) is 10.2 Å². The highest BCUT2D eigenvalue weighted by atomic mass is 32.2. The Morgan fingerprint density at radius 1 is 1.26 bits per heavy atom. The minimum atomic E-state index is -0.0673. The van der Waals surface area contributed by atoms with E-state index in [-0.39, 0.29) is 28.0 Å². The first-order valence-electron chi connectivity index (χ1n) is 9.70. The molecule has 0 bridgehead atoms. The van der Waals surface area contributed by atoms with E-state index in [1.807, 2.05) is 18.7 Å². The molecule has 0 saturated carbocycles. The summed E-state index contributed by atoms with van der Waals surface area (Å²) in [5.41, 5.74) is 2.58. The molecule has 6 heteroatoms. The maximum absolute atomic E-state index is 12.6. The molecule has 0 aliphatic carbocycles. The summed E-state index contributed by atoms with van der Waals surface area (Å²) in [5.74, 6) is 0.186. The number of rotatable bonds is 6. The summed E-state index contributed by atoms with van der Waals surface area (Å²) in [6.07, 6.45) is 0.767. The van der Waals surface area contributed by atoms with Gasteiger partial charge in [0.25, 0.3) is 0 Å². The molecule has 2 rings (SSSR count). The van der Waals surface area contributed by atoms with Gasteiger partial charge in [-0.05, 0) is 36.8 Å². The lowest BCUT2D eigenvalue weighted by molar-refractivity contribution is -0.129. The predicted octanol–water partition coefficient (Wildman–Crippen LogP) is 4.00. The Kier molecular flexibility index (Phi) is 7.20. The molecule has 1 heterocycles. The van der Waals surface area contributed by atoms with Gasteiger partial charge in [0.05, 0.1) is 5.25 Å². The van der Waals surface area contributed by atoms with E-state index in [0.717, 1.165) is 6.42 Å². The van der Waals surface area contributed by atoms with Gasteiger partial charge < -0.3 is 15.1 Å². The predicted molar refractivity (Wildman–Crippen MR) is 113 cm³/mol. The molecule has 0 aromatic heterocycles.